The number of esters is 1. The first-order valence-corrected chi connectivity index (χ1v) is 29.8. The number of nitrogens with one attached hydrogen (secondary N) is 1. The van der Waals surface area contributed by atoms with Crippen molar-refractivity contribution in [2.45, 2.75) is 90.3 Å². The van der Waals surface area contributed by atoms with Crippen molar-refractivity contribution in [2.24, 2.45) is 0 Å². The third-order valence-electron chi connectivity index (χ3n) is 10.5. The normalized spacial score (nSPS) is 16.6. The van der Waals surface area contributed by atoms with Gasteiger partial charge in [0, 0.05) is 22.8 Å². The number of para-hydroxylation sites is 1. The molecule has 1 aromatic heterocycles. The Labute approximate surface area is 466 Å². The summed E-state index contributed by atoms with van der Waals surface area (Å²) in [5, 5.41) is 10.2. The second kappa shape index (κ2) is 32.7. The molecule has 2 unspecified atom stereocenters. The average Bonchev–Trinajstić information content (AvgIpc) is 4.06. The molecule has 3 aliphatic rings. The van der Waals surface area contributed by atoms with Crippen molar-refractivity contribution in [3.8, 4) is 0 Å². The van der Waals surface area contributed by atoms with Crippen molar-refractivity contribution in [2.75, 3.05) is 73.8 Å². The van der Waals surface area contributed by atoms with E-state index in [0.29, 0.717) is 70.1 Å². The van der Waals surface area contributed by atoms with E-state index < -0.39 is 42.9 Å². The van der Waals surface area contributed by atoms with Crippen molar-refractivity contribution in [3.63, 3.8) is 0 Å². The van der Waals surface area contributed by atoms with E-state index in [1.54, 1.807) is 56.2 Å². The number of aryl methyl sites for hydroxylation is 2. The summed E-state index contributed by atoms with van der Waals surface area (Å²) in [5.74, 6) is -2.23. The summed E-state index contributed by atoms with van der Waals surface area (Å²) < 4.78 is 31.2. The molecule has 3 heterocycles. The van der Waals surface area contributed by atoms with Gasteiger partial charge in [-0.15, -0.1) is 11.6 Å². The largest absolute Gasteiger partial charge is 0.778 e. The Kier molecular flexibility index (Phi) is 29.3. The minimum atomic E-state index is -4.35. The number of hydrogen-bond donors (Lipinski definition) is 3. The number of benzene rings is 2. The fraction of sp³-hybridized carbons (Fsp3) is 0.480. The van der Waals surface area contributed by atoms with E-state index in [1.807, 2.05) is 43.4 Å². The highest BCUT2D eigenvalue weighted by molar-refractivity contribution is 7.94. The number of aliphatic carboxylic acids is 1. The fourth-order valence-corrected chi connectivity index (χ4v) is 8.41. The number of carbonyl (C=O) groups excluding carboxylic acids is 5. The number of furan rings is 1. The van der Waals surface area contributed by atoms with E-state index in [4.69, 9.17) is 86.6 Å². The molecule has 0 spiro atoms. The van der Waals surface area contributed by atoms with E-state index in [2.05, 4.69) is 25.7 Å². The summed E-state index contributed by atoms with van der Waals surface area (Å²) in [5.41, 5.74) is 4.43. The van der Waals surface area contributed by atoms with Crippen molar-refractivity contribution >= 4 is 130 Å². The van der Waals surface area contributed by atoms with Crippen molar-refractivity contribution in [1.82, 2.24) is 10.2 Å². The maximum atomic E-state index is 12.7. The molecular weight excluding hydrogens is 1120 g/mol. The summed E-state index contributed by atoms with van der Waals surface area (Å²) in [7, 11) is -3.71. The molecule has 4 amide bonds. The van der Waals surface area contributed by atoms with Gasteiger partial charge in [-0.1, -0.05) is 71.5 Å². The zero-order valence-electron chi connectivity index (χ0n) is 43.3. The number of alkyl halides is 3. The first-order valence-electron chi connectivity index (χ1n) is 23.4. The molecule has 0 radical (unpaired) electrons. The Morgan fingerprint density at radius 3 is 2.12 bits per heavy atom. The quantitative estimate of drug-likeness (QED) is 0.0231. The first-order chi connectivity index (χ1) is 35.1. The molecule has 3 N–H and O–H groups in total. The summed E-state index contributed by atoms with van der Waals surface area (Å²) in [6.45, 7) is 12.2. The molecule has 2 aromatic carbocycles. The maximum Gasteiger partial charge on any atom is 0.349 e. The maximum absolute atomic E-state index is 12.7. The number of carboxylic acids is 1. The van der Waals surface area contributed by atoms with Crippen molar-refractivity contribution in [3.05, 3.63) is 98.4 Å². The molecule has 1 aliphatic carbocycles. The number of hydrogen-bond acceptors (Lipinski definition) is 13. The van der Waals surface area contributed by atoms with Crippen LogP contribution in [-0.4, -0.2) is 125 Å². The fourth-order valence-electron chi connectivity index (χ4n) is 7.29. The van der Waals surface area contributed by atoms with Crippen molar-refractivity contribution in [1.29, 1.82) is 0 Å². The Morgan fingerprint density at radius 1 is 1.01 bits per heavy atom. The minimum absolute atomic E-state index is 0.0371. The van der Waals surface area contributed by atoms with Crippen LogP contribution in [0.25, 0.3) is 6.08 Å². The molecule has 3 aromatic rings. The molecule has 6 rings (SSSR count). The number of ether oxygens (including phenoxy) is 3. The Bertz CT molecular complexity index is 2490. The van der Waals surface area contributed by atoms with Gasteiger partial charge < -0.3 is 43.0 Å². The lowest BCUT2D eigenvalue weighted by Crippen LogP contribution is -2.45. The van der Waals surface area contributed by atoms with Gasteiger partial charge in [-0.05, 0) is 131 Å². The van der Waals surface area contributed by atoms with Crippen LogP contribution in [0.5, 0.6) is 0 Å². The van der Waals surface area contributed by atoms with Gasteiger partial charge in [0.2, 0.25) is 5.91 Å². The lowest BCUT2D eigenvalue weighted by Gasteiger charge is -2.29. The van der Waals surface area contributed by atoms with Gasteiger partial charge in [0.05, 0.1) is 62.4 Å². The van der Waals surface area contributed by atoms with Crippen LogP contribution in [0.1, 0.15) is 88.9 Å². The van der Waals surface area contributed by atoms with E-state index in [9.17, 15) is 38.2 Å². The van der Waals surface area contributed by atoms with Crippen LogP contribution in [0.3, 0.4) is 0 Å². The standard InChI is InChI=1S/C19H17Cl2NO4.C14H20ClNO2.C11H13Cl2NO3.C3H8NO5P.C3H9S/c1-2-26-19(25)16(21)10-11-9-12(7-8-15(11)20)22-17(23)13-5-3-4-6-14(13)18(22)24;1-4-12-8-6-7-11(3)14(12)16(10-18-5-2)13(17)9-15;1-11(2)14(10(15)9(12)13)6-8(17-11)7-4-3-5-16-7;5-3(6)1-4-2-10(7,8)9;1-4(2)3/h7-10H,2-6H2,1H3;6-8H,4-5,9-10H2,1-3H3;3-5,8-9H,6H2,1-2H3;4H,1-2H2,(H,5,6)(H2,7,8,9);1-3H3/q;;;;+1/p-1/b16-10-;;;;. The van der Waals surface area contributed by atoms with Crippen molar-refractivity contribution < 1.29 is 66.9 Å². The zero-order chi connectivity index (χ0) is 56.8. The third kappa shape index (κ3) is 21.8. The average molecular weight is 1190 g/mol. The van der Waals surface area contributed by atoms with Gasteiger partial charge in [-0.3, -0.25) is 34.2 Å². The second-order valence-electron chi connectivity index (χ2n) is 17.2. The topological polar surface area (TPSA) is 246 Å². The molecule has 1 fully saturated rings. The molecular formula is C50H66Cl5N4O14PS. The molecule has 18 nitrogen and oxygen atoms in total. The highest BCUT2D eigenvalue weighted by Gasteiger charge is 2.45. The summed E-state index contributed by atoms with van der Waals surface area (Å²) in [4.78, 5) is 91.8. The highest BCUT2D eigenvalue weighted by atomic mass is 35.5. The third-order valence-corrected chi connectivity index (χ3v) is 12.4. The van der Waals surface area contributed by atoms with Gasteiger partial charge in [-0.25, -0.2) is 9.69 Å². The van der Waals surface area contributed by atoms with Crippen LogP contribution < -0.4 is 20.0 Å². The number of imide groups is 1. The molecule has 0 bridgehead atoms. The van der Waals surface area contributed by atoms with Gasteiger partial charge in [0.25, 0.3) is 17.7 Å². The smallest absolute Gasteiger partial charge is 0.349 e. The van der Waals surface area contributed by atoms with Gasteiger partial charge >= 0.3 is 11.9 Å². The van der Waals surface area contributed by atoms with Gasteiger partial charge in [0.1, 0.15) is 42.8 Å². The number of nitrogens with zero attached hydrogens (tertiary/aromatic N) is 3. The number of amides is 4. The van der Waals surface area contributed by atoms with Crippen LogP contribution in [0, 0.1) is 6.92 Å². The Hall–Kier alpha value is -3.95. The second-order valence-corrected chi connectivity index (χ2v) is 23.4. The lowest BCUT2D eigenvalue weighted by atomic mass is 9.93. The van der Waals surface area contributed by atoms with E-state index in [-0.39, 0.29) is 54.0 Å². The molecule has 0 saturated carbocycles. The molecule has 2 atom stereocenters. The van der Waals surface area contributed by atoms with E-state index in [0.717, 1.165) is 36.1 Å². The molecule has 1 saturated heterocycles. The predicted molar refractivity (Wildman–Crippen MR) is 294 cm³/mol. The van der Waals surface area contributed by atoms with E-state index in [1.165, 1.54) is 15.9 Å². The van der Waals surface area contributed by atoms with Crippen LogP contribution in [-0.2, 0) is 64.9 Å². The van der Waals surface area contributed by atoms with Gasteiger partial charge in [0.15, 0.2) is 4.84 Å². The van der Waals surface area contributed by atoms with Crippen LogP contribution >= 0.6 is 65.6 Å². The van der Waals surface area contributed by atoms with Gasteiger partial charge in [-0.2, -0.15) is 0 Å². The Balaban J connectivity index is 0.000000349. The van der Waals surface area contributed by atoms with Crippen LogP contribution in [0.2, 0.25) is 5.02 Å². The first kappa shape index (κ1) is 67.2. The minimum Gasteiger partial charge on any atom is -0.778 e. The number of halogens is 5. The summed E-state index contributed by atoms with van der Waals surface area (Å²) >= 11 is 29.0. The summed E-state index contributed by atoms with van der Waals surface area (Å²) in [6, 6.07) is 14.4. The molecule has 416 valence electrons. The van der Waals surface area contributed by atoms with Crippen LogP contribution in [0.4, 0.5) is 11.4 Å². The number of carbonyl (C=O) groups is 6. The Morgan fingerprint density at radius 2 is 1.63 bits per heavy atom. The lowest BCUT2D eigenvalue weighted by molar-refractivity contribution is -0.193. The highest BCUT2D eigenvalue weighted by Crippen LogP contribution is 2.38. The number of anilines is 2. The van der Waals surface area contributed by atoms with Crippen LogP contribution in [0.15, 0.2) is 75.4 Å². The SMILES string of the molecule is CC1(C)OC(c2ccco2)CN1C(=O)C(Cl)Cl.CCOC(=O)/C(Cl)=C/c1cc(N2C(=O)C3=C(CCCC3)C2=O)ccc1Cl.CCOCN(C(=O)CCl)c1c(C)cccc1CC.C[S+](C)C.O=C(O)CNCP(=O)([O-])O. The molecule has 75 heavy (non-hydrogen) atoms. The zero-order valence-corrected chi connectivity index (χ0v) is 48.8. The number of rotatable bonds is 16. The predicted octanol–water partition coefficient (Wildman–Crippen LogP) is 8.73. The number of carboxylic acid groups (broad SMARTS) is 1. The monoisotopic (exact) mass is 1180 g/mol. The van der Waals surface area contributed by atoms with E-state index >= 15 is 0 Å². The molecule has 2 aliphatic heterocycles. The molecule has 25 heteroatoms. The summed E-state index contributed by atoms with van der Waals surface area (Å²) in [6.07, 6.45) is 12.5.